The summed E-state index contributed by atoms with van der Waals surface area (Å²) < 4.78 is 11.2. The lowest BCUT2D eigenvalue weighted by molar-refractivity contribution is -0.137. The maximum absolute atomic E-state index is 12.7. The van der Waals surface area contributed by atoms with Crippen molar-refractivity contribution in [3.8, 4) is 17.1 Å². The van der Waals surface area contributed by atoms with E-state index in [-0.39, 0.29) is 12.5 Å². The van der Waals surface area contributed by atoms with E-state index < -0.39 is 6.10 Å². The van der Waals surface area contributed by atoms with Crippen molar-refractivity contribution in [2.75, 3.05) is 7.05 Å². The van der Waals surface area contributed by atoms with Crippen LogP contribution in [0.4, 0.5) is 0 Å². The van der Waals surface area contributed by atoms with E-state index in [0.717, 1.165) is 16.3 Å². The van der Waals surface area contributed by atoms with E-state index in [1.54, 1.807) is 14.0 Å². The number of hydrogen-bond donors (Lipinski definition) is 0. The molecule has 6 heteroatoms. The number of rotatable bonds is 6. The normalized spacial score (nSPS) is 11.9. The number of carbonyl (C=O) groups is 1. The van der Waals surface area contributed by atoms with Crippen molar-refractivity contribution >= 4 is 16.7 Å². The zero-order valence-electron chi connectivity index (χ0n) is 16.3. The summed E-state index contributed by atoms with van der Waals surface area (Å²) in [6.45, 7) is 1.95. The number of amides is 1. The first kappa shape index (κ1) is 18.7. The maximum Gasteiger partial charge on any atom is 0.263 e. The fourth-order valence-corrected chi connectivity index (χ4v) is 3.11. The van der Waals surface area contributed by atoms with E-state index in [9.17, 15) is 4.79 Å². The van der Waals surface area contributed by atoms with Crippen LogP contribution < -0.4 is 4.74 Å². The fourth-order valence-electron chi connectivity index (χ4n) is 3.11. The van der Waals surface area contributed by atoms with Gasteiger partial charge in [0.25, 0.3) is 5.91 Å². The summed E-state index contributed by atoms with van der Waals surface area (Å²) >= 11 is 0. The molecule has 1 amide bonds. The van der Waals surface area contributed by atoms with E-state index in [0.29, 0.717) is 17.5 Å². The summed E-state index contributed by atoms with van der Waals surface area (Å²) in [7, 11) is 1.69. The van der Waals surface area contributed by atoms with Crippen LogP contribution in [-0.4, -0.2) is 34.1 Å². The molecular weight excluding hydrogens is 366 g/mol. The summed E-state index contributed by atoms with van der Waals surface area (Å²) in [6, 6.07) is 23.4. The van der Waals surface area contributed by atoms with Crippen LogP contribution >= 0.6 is 0 Å². The number of nitrogens with zero attached hydrogens (tertiary/aromatic N) is 3. The average Bonchev–Trinajstić information content (AvgIpc) is 3.22. The summed E-state index contributed by atoms with van der Waals surface area (Å²) in [5, 5.41) is 6.18. The molecule has 6 nitrogen and oxygen atoms in total. The Morgan fingerprint density at radius 1 is 1.03 bits per heavy atom. The van der Waals surface area contributed by atoms with Crippen molar-refractivity contribution in [3.63, 3.8) is 0 Å². The first-order chi connectivity index (χ1) is 14.1. The second kappa shape index (κ2) is 8.14. The molecule has 0 aliphatic rings. The van der Waals surface area contributed by atoms with Crippen molar-refractivity contribution in [1.82, 2.24) is 15.0 Å². The Hall–Kier alpha value is -3.67. The van der Waals surface area contributed by atoms with E-state index >= 15 is 0 Å². The van der Waals surface area contributed by atoms with Gasteiger partial charge in [-0.1, -0.05) is 65.8 Å². The quantitative estimate of drug-likeness (QED) is 0.493. The smallest absolute Gasteiger partial charge is 0.263 e. The highest BCUT2D eigenvalue weighted by atomic mass is 16.5. The molecule has 1 aromatic heterocycles. The number of likely N-dealkylation sites (N-methyl/N-ethyl adjacent to an activating group) is 1. The molecule has 1 heterocycles. The zero-order valence-corrected chi connectivity index (χ0v) is 16.3. The summed E-state index contributed by atoms with van der Waals surface area (Å²) in [4.78, 5) is 18.6. The lowest BCUT2D eigenvalue weighted by atomic mass is 10.1. The van der Waals surface area contributed by atoms with Gasteiger partial charge in [-0.15, -0.1) is 0 Å². The lowest BCUT2D eigenvalue weighted by Gasteiger charge is -2.21. The van der Waals surface area contributed by atoms with Crippen LogP contribution in [-0.2, 0) is 11.3 Å². The average molecular weight is 387 g/mol. The summed E-state index contributed by atoms with van der Waals surface area (Å²) in [5.74, 6) is 1.36. The molecule has 4 rings (SSSR count). The van der Waals surface area contributed by atoms with Crippen LogP contribution in [0, 0.1) is 0 Å². The van der Waals surface area contributed by atoms with Crippen LogP contribution in [0.1, 0.15) is 12.8 Å². The topological polar surface area (TPSA) is 68.5 Å². The molecule has 3 aromatic carbocycles. The number of ether oxygens (including phenoxy) is 1. The van der Waals surface area contributed by atoms with Gasteiger partial charge in [0, 0.05) is 12.6 Å². The molecule has 0 N–H and O–H groups in total. The Bertz CT molecular complexity index is 1120. The standard InChI is InChI=1S/C23H21N3O3/c1-16(28-20-13-12-17-8-6-7-11-19(17)14-20)23(27)26(2)15-21-24-22(25-29-21)18-9-4-3-5-10-18/h3-14,16H,15H2,1-2H3/t16-/m1/s1. The Morgan fingerprint density at radius 3 is 2.55 bits per heavy atom. The first-order valence-corrected chi connectivity index (χ1v) is 9.38. The maximum atomic E-state index is 12.7. The van der Waals surface area contributed by atoms with Crippen molar-refractivity contribution in [2.24, 2.45) is 0 Å². The van der Waals surface area contributed by atoms with E-state index in [2.05, 4.69) is 10.1 Å². The second-order valence-corrected chi connectivity index (χ2v) is 6.84. The first-order valence-electron chi connectivity index (χ1n) is 9.38. The molecule has 1 atom stereocenters. The molecule has 0 saturated heterocycles. The third kappa shape index (κ3) is 4.27. The Labute approximate surface area is 168 Å². The molecule has 146 valence electrons. The minimum atomic E-state index is -0.641. The van der Waals surface area contributed by atoms with Crippen LogP contribution in [0.3, 0.4) is 0 Å². The molecule has 29 heavy (non-hydrogen) atoms. The third-order valence-electron chi connectivity index (χ3n) is 4.63. The Kier molecular flexibility index (Phi) is 5.24. The number of fused-ring (bicyclic) bond motifs is 1. The van der Waals surface area contributed by atoms with Gasteiger partial charge < -0.3 is 14.2 Å². The van der Waals surface area contributed by atoms with Crippen LogP contribution in [0.25, 0.3) is 22.2 Å². The predicted octanol–water partition coefficient (Wildman–Crippen LogP) is 4.32. The van der Waals surface area contributed by atoms with Crippen molar-refractivity contribution in [2.45, 2.75) is 19.6 Å². The highest BCUT2D eigenvalue weighted by Crippen LogP contribution is 2.22. The van der Waals surface area contributed by atoms with Crippen LogP contribution in [0.5, 0.6) is 5.75 Å². The molecule has 4 aromatic rings. The minimum absolute atomic E-state index is 0.169. The van der Waals surface area contributed by atoms with Crippen molar-refractivity contribution in [3.05, 3.63) is 78.7 Å². The molecule has 0 fully saturated rings. The Morgan fingerprint density at radius 2 is 1.76 bits per heavy atom. The number of benzene rings is 3. The van der Waals surface area contributed by atoms with Gasteiger partial charge in [0.15, 0.2) is 6.10 Å². The third-order valence-corrected chi connectivity index (χ3v) is 4.63. The fraction of sp³-hybridized carbons (Fsp3) is 0.174. The van der Waals surface area contributed by atoms with E-state index in [1.807, 2.05) is 72.8 Å². The molecule has 0 aliphatic carbocycles. The van der Waals surface area contributed by atoms with Crippen molar-refractivity contribution in [1.29, 1.82) is 0 Å². The summed E-state index contributed by atoms with van der Waals surface area (Å²) in [6.07, 6.45) is -0.641. The highest BCUT2D eigenvalue weighted by Gasteiger charge is 2.21. The largest absolute Gasteiger partial charge is 0.481 e. The number of aromatic nitrogens is 2. The number of hydrogen-bond acceptors (Lipinski definition) is 5. The summed E-state index contributed by atoms with van der Waals surface area (Å²) in [5.41, 5.74) is 0.865. The van der Waals surface area contributed by atoms with Gasteiger partial charge in [-0.3, -0.25) is 4.79 Å². The lowest BCUT2D eigenvalue weighted by Crippen LogP contribution is -2.37. The van der Waals surface area contributed by atoms with Gasteiger partial charge >= 0.3 is 0 Å². The van der Waals surface area contributed by atoms with Gasteiger partial charge in [0.05, 0.1) is 6.54 Å². The zero-order chi connectivity index (χ0) is 20.2. The monoisotopic (exact) mass is 387 g/mol. The Balaban J connectivity index is 1.40. The molecular formula is C23H21N3O3. The minimum Gasteiger partial charge on any atom is -0.481 e. The van der Waals surface area contributed by atoms with Gasteiger partial charge in [-0.25, -0.2) is 0 Å². The van der Waals surface area contributed by atoms with Gasteiger partial charge in [-0.2, -0.15) is 4.98 Å². The molecule has 0 saturated carbocycles. The van der Waals surface area contributed by atoms with Gasteiger partial charge in [-0.05, 0) is 29.8 Å². The van der Waals surface area contributed by atoms with E-state index in [4.69, 9.17) is 9.26 Å². The molecule has 0 aliphatic heterocycles. The molecule has 0 radical (unpaired) electrons. The molecule has 0 spiro atoms. The molecule has 0 bridgehead atoms. The van der Waals surface area contributed by atoms with Crippen LogP contribution in [0.15, 0.2) is 77.3 Å². The van der Waals surface area contributed by atoms with Gasteiger partial charge in [0.2, 0.25) is 11.7 Å². The predicted molar refractivity (Wildman–Crippen MR) is 110 cm³/mol. The number of carbonyl (C=O) groups excluding carboxylic acids is 1. The second-order valence-electron chi connectivity index (χ2n) is 6.84. The SMILES string of the molecule is C[C@@H](Oc1ccc2ccccc2c1)C(=O)N(C)Cc1nc(-c2ccccc2)no1. The van der Waals surface area contributed by atoms with Crippen LogP contribution in [0.2, 0.25) is 0 Å². The van der Waals surface area contributed by atoms with Gasteiger partial charge in [0.1, 0.15) is 5.75 Å². The van der Waals surface area contributed by atoms with Crippen molar-refractivity contribution < 1.29 is 14.1 Å². The molecule has 0 unspecified atom stereocenters. The van der Waals surface area contributed by atoms with E-state index in [1.165, 1.54) is 4.90 Å². The highest BCUT2D eigenvalue weighted by molar-refractivity contribution is 5.84.